The molecule has 0 bridgehead atoms. The van der Waals surface area contributed by atoms with Gasteiger partial charge < -0.3 is 11.1 Å². The Morgan fingerprint density at radius 1 is 1.39 bits per heavy atom. The summed E-state index contributed by atoms with van der Waals surface area (Å²) in [5.74, 6) is -0.676. The number of benzene rings is 1. The highest BCUT2D eigenvalue weighted by Crippen LogP contribution is 2.29. The number of anilines is 1. The third kappa shape index (κ3) is 5.63. The highest BCUT2D eigenvalue weighted by molar-refractivity contribution is 9.10. The average molecular weight is 343 g/mol. The number of alkyl halides is 3. The van der Waals surface area contributed by atoms with E-state index in [1.54, 1.807) is 12.1 Å². The number of nitrogens with two attached hydrogens (primary N) is 1. The van der Waals surface area contributed by atoms with Crippen LogP contribution in [0.1, 0.15) is 10.4 Å². The van der Waals surface area contributed by atoms with E-state index in [2.05, 4.69) is 21.2 Å². The van der Waals surface area contributed by atoms with Crippen LogP contribution in [0.5, 0.6) is 0 Å². The van der Waals surface area contributed by atoms with Crippen LogP contribution in [0.15, 0.2) is 22.7 Å². The number of nitrogens with one attached hydrogen (secondary N) is 1. The molecule has 0 fully saturated rings. The maximum absolute atomic E-state index is 11.8. The summed E-state index contributed by atoms with van der Waals surface area (Å²) in [4.78, 5) is 11.6. The average Bonchev–Trinajstić information content (AvgIpc) is 2.21. The molecule has 0 saturated carbocycles. The zero-order valence-corrected chi connectivity index (χ0v) is 11.5. The second kappa shape index (κ2) is 6.33. The Bertz CT molecular complexity index is 419. The summed E-state index contributed by atoms with van der Waals surface area (Å²) in [6.45, 7) is -0.0601. The molecule has 1 aromatic carbocycles. The highest BCUT2D eigenvalue weighted by atomic mass is 79.9. The number of carbonyl (C=O) groups excluding carboxylic acids is 1. The monoisotopic (exact) mass is 342 g/mol. The first-order valence-corrected chi connectivity index (χ1v) is 6.61. The number of rotatable bonds is 4. The summed E-state index contributed by atoms with van der Waals surface area (Å²) in [5, 5.41) is 2.39. The molecule has 8 heteroatoms. The number of halogens is 4. The van der Waals surface area contributed by atoms with Crippen molar-refractivity contribution < 1.29 is 18.0 Å². The van der Waals surface area contributed by atoms with Gasteiger partial charge in [-0.15, -0.1) is 0 Å². The SMILES string of the molecule is Nc1cc(Br)cc(C(=O)NCCSC(F)(F)F)c1. The van der Waals surface area contributed by atoms with Gasteiger partial charge in [-0.05, 0) is 30.0 Å². The van der Waals surface area contributed by atoms with Crippen molar-refractivity contribution in [1.29, 1.82) is 0 Å². The lowest BCUT2D eigenvalue weighted by atomic mass is 10.2. The van der Waals surface area contributed by atoms with Crippen LogP contribution in [0.2, 0.25) is 0 Å². The topological polar surface area (TPSA) is 55.1 Å². The third-order valence-corrected chi connectivity index (χ3v) is 3.03. The zero-order chi connectivity index (χ0) is 13.8. The minimum Gasteiger partial charge on any atom is -0.399 e. The number of nitrogen functional groups attached to an aromatic ring is 1. The van der Waals surface area contributed by atoms with Gasteiger partial charge in [-0.25, -0.2) is 0 Å². The predicted octanol–water partition coefficient (Wildman–Crippen LogP) is 3.01. The fraction of sp³-hybridized carbons (Fsp3) is 0.300. The van der Waals surface area contributed by atoms with Crippen molar-refractivity contribution in [3.63, 3.8) is 0 Å². The molecule has 0 aliphatic carbocycles. The second-order valence-corrected chi connectivity index (χ2v) is 5.40. The number of amides is 1. The fourth-order valence-corrected chi connectivity index (χ4v) is 2.12. The van der Waals surface area contributed by atoms with E-state index >= 15 is 0 Å². The molecule has 0 radical (unpaired) electrons. The Balaban J connectivity index is 2.46. The van der Waals surface area contributed by atoms with Crippen molar-refractivity contribution in [2.24, 2.45) is 0 Å². The van der Waals surface area contributed by atoms with Gasteiger partial charge in [0.1, 0.15) is 0 Å². The Hall–Kier alpha value is -0.890. The molecule has 0 unspecified atom stereocenters. The molecule has 100 valence electrons. The van der Waals surface area contributed by atoms with Gasteiger partial charge in [-0.3, -0.25) is 4.79 Å². The van der Waals surface area contributed by atoms with Gasteiger partial charge >= 0.3 is 5.51 Å². The van der Waals surface area contributed by atoms with E-state index in [1.807, 2.05) is 0 Å². The summed E-state index contributed by atoms with van der Waals surface area (Å²) in [7, 11) is 0. The van der Waals surface area contributed by atoms with Crippen LogP contribution in [0, 0.1) is 0 Å². The molecule has 3 nitrogen and oxygen atoms in total. The van der Waals surface area contributed by atoms with Gasteiger partial charge in [0.2, 0.25) is 0 Å². The van der Waals surface area contributed by atoms with Gasteiger partial charge in [0.05, 0.1) is 0 Å². The number of hydrogen-bond donors (Lipinski definition) is 2. The van der Waals surface area contributed by atoms with Crippen molar-refractivity contribution in [1.82, 2.24) is 5.32 Å². The molecule has 1 amide bonds. The maximum atomic E-state index is 11.8. The Morgan fingerprint density at radius 2 is 2.06 bits per heavy atom. The predicted molar refractivity (Wildman–Crippen MR) is 69.4 cm³/mol. The minimum absolute atomic E-state index is 0.0601. The number of hydrogen-bond acceptors (Lipinski definition) is 3. The molecule has 0 heterocycles. The lowest BCUT2D eigenvalue weighted by molar-refractivity contribution is -0.0327. The maximum Gasteiger partial charge on any atom is 0.441 e. The van der Waals surface area contributed by atoms with Crippen LogP contribution in [0.3, 0.4) is 0 Å². The first-order valence-electron chi connectivity index (χ1n) is 4.83. The summed E-state index contributed by atoms with van der Waals surface area (Å²) in [6.07, 6.45) is 0. The first-order chi connectivity index (χ1) is 8.28. The molecule has 1 aromatic rings. The summed E-state index contributed by atoms with van der Waals surface area (Å²) in [5.41, 5.74) is 1.98. The van der Waals surface area contributed by atoms with E-state index in [-0.39, 0.29) is 24.1 Å². The molecule has 0 atom stereocenters. The van der Waals surface area contributed by atoms with E-state index in [1.165, 1.54) is 6.07 Å². The van der Waals surface area contributed by atoms with E-state index in [0.29, 0.717) is 15.7 Å². The third-order valence-electron chi connectivity index (χ3n) is 1.84. The van der Waals surface area contributed by atoms with Crippen molar-refractivity contribution in [3.8, 4) is 0 Å². The van der Waals surface area contributed by atoms with Gasteiger partial charge in [0.25, 0.3) is 5.91 Å². The van der Waals surface area contributed by atoms with Crippen LogP contribution in [-0.4, -0.2) is 23.7 Å². The summed E-state index contributed by atoms with van der Waals surface area (Å²) in [6, 6.07) is 4.62. The fourth-order valence-electron chi connectivity index (χ4n) is 1.18. The van der Waals surface area contributed by atoms with Crippen LogP contribution in [-0.2, 0) is 0 Å². The van der Waals surface area contributed by atoms with Gasteiger partial charge in [-0.1, -0.05) is 15.9 Å². The van der Waals surface area contributed by atoms with E-state index in [0.717, 1.165) is 0 Å². The Kier molecular flexibility index (Phi) is 5.33. The molecule has 18 heavy (non-hydrogen) atoms. The van der Waals surface area contributed by atoms with E-state index in [9.17, 15) is 18.0 Å². The number of carbonyl (C=O) groups is 1. The van der Waals surface area contributed by atoms with Crippen LogP contribution < -0.4 is 11.1 Å². The van der Waals surface area contributed by atoms with Gasteiger partial charge in [-0.2, -0.15) is 13.2 Å². The lowest BCUT2D eigenvalue weighted by Gasteiger charge is -2.08. The normalized spacial score (nSPS) is 11.3. The van der Waals surface area contributed by atoms with Crippen molar-refractivity contribution in [2.45, 2.75) is 5.51 Å². The van der Waals surface area contributed by atoms with Crippen LogP contribution in [0.25, 0.3) is 0 Å². The minimum atomic E-state index is -4.27. The van der Waals surface area contributed by atoms with Crippen LogP contribution in [0.4, 0.5) is 18.9 Å². The van der Waals surface area contributed by atoms with Gasteiger partial charge in [0, 0.05) is 28.0 Å². The standard InChI is InChI=1S/C10H10BrF3N2OS/c11-7-3-6(4-8(15)5-7)9(17)16-1-2-18-10(12,13)14/h3-5H,1-2,15H2,(H,16,17). The Morgan fingerprint density at radius 3 is 2.61 bits per heavy atom. The summed E-state index contributed by atoms with van der Waals surface area (Å²) < 4.78 is 36.1. The van der Waals surface area contributed by atoms with Crippen molar-refractivity contribution in [3.05, 3.63) is 28.2 Å². The zero-order valence-electron chi connectivity index (χ0n) is 9.05. The molecule has 0 spiro atoms. The van der Waals surface area contributed by atoms with Gasteiger partial charge in [0.15, 0.2) is 0 Å². The van der Waals surface area contributed by atoms with E-state index < -0.39 is 11.4 Å². The molecular weight excluding hydrogens is 333 g/mol. The molecule has 0 aromatic heterocycles. The Labute approximate surface area is 114 Å². The molecule has 0 aliphatic heterocycles. The first kappa shape index (κ1) is 15.2. The lowest BCUT2D eigenvalue weighted by Crippen LogP contribution is -2.26. The summed E-state index contributed by atoms with van der Waals surface area (Å²) >= 11 is 3.00. The molecule has 0 aliphatic rings. The molecule has 0 saturated heterocycles. The highest BCUT2D eigenvalue weighted by Gasteiger charge is 2.27. The van der Waals surface area contributed by atoms with E-state index in [4.69, 9.17) is 5.73 Å². The van der Waals surface area contributed by atoms with Crippen LogP contribution >= 0.6 is 27.7 Å². The number of thioether (sulfide) groups is 1. The van der Waals surface area contributed by atoms with Crippen molar-refractivity contribution in [2.75, 3.05) is 18.0 Å². The smallest absolute Gasteiger partial charge is 0.399 e. The second-order valence-electron chi connectivity index (χ2n) is 3.32. The molecule has 1 rings (SSSR count). The quantitative estimate of drug-likeness (QED) is 0.653. The molecular formula is C10H10BrF3N2OS. The molecule has 3 N–H and O–H groups in total. The van der Waals surface area contributed by atoms with Crippen molar-refractivity contribution >= 4 is 39.3 Å². The largest absolute Gasteiger partial charge is 0.441 e.